The van der Waals surface area contributed by atoms with Crippen LogP contribution in [0.25, 0.3) is 11.1 Å². The van der Waals surface area contributed by atoms with E-state index in [9.17, 15) is 24.3 Å². The maximum atomic E-state index is 14.1. The van der Waals surface area contributed by atoms with Gasteiger partial charge in [0.05, 0.1) is 32.9 Å². The second kappa shape index (κ2) is 17.6. The summed E-state index contributed by atoms with van der Waals surface area (Å²) in [5, 5.41) is 25.8. The van der Waals surface area contributed by atoms with E-state index in [2.05, 4.69) is 21.7 Å². The number of nitriles is 1. The van der Waals surface area contributed by atoms with Gasteiger partial charge in [-0.15, -0.1) is 0 Å². The molecule has 12 nitrogen and oxygen atoms in total. The van der Waals surface area contributed by atoms with Gasteiger partial charge in [-0.3, -0.25) is 19.4 Å². The Morgan fingerprint density at radius 1 is 0.918 bits per heavy atom. The predicted molar refractivity (Wildman–Crippen MR) is 227 cm³/mol. The number of aliphatic carboxylic acids is 1. The van der Waals surface area contributed by atoms with Crippen LogP contribution in [-0.2, 0) is 40.4 Å². The fraction of sp³-hybridized carbons (Fsp3) is 0.149. The molecule has 304 valence electrons. The molecule has 61 heavy (non-hydrogen) atoms. The van der Waals surface area contributed by atoms with Crippen molar-refractivity contribution in [2.45, 2.75) is 44.2 Å². The van der Waals surface area contributed by atoms with Crippen molar-refractivity contribution < 1.29 is 33.8 Å². The van der Waals surface area contributed by atoms with Gasteiger partial charge in [-0.25, -0.2) is 4.79 Å². The molecule has 14 heteroatoms. The van der Waals surface area contributed by atoms with Crippen LogP contribution < -0.4 is 20.1 Å². The van der Waals surface area contributed by atoms with Crippen LogP contribution in [0.4, 0.5) is 5.69 Å². The molecule has 0 radical (unpaired) electrons. The van der Waals surface area contributed by atoms with Crippen molar-refractivity contribution in [3.05, 3.63) is 177 Å². The first-order valence-electron chi connectivity index (χ1n) is 19.2. The summed E-state index contributed by atoms with van der Waals surface area (Å²) < 4.78 is 12.2. The molecule has 2 aliphatic rings. The van der Waals surface area contributed by atoms with Gasteiger partial charge in [0, 0.05) is 37.3 Å². The standard InChI is InChI=1S/C47H35Cl2N5O7/c48-37-16-7-29(18-38(37)49)26-60-36-14-12-32(13-15-36)43-45(56)52-39-20-34-21-41(54(25-35(34)22-42(39)61-43)46(57)33-2-1-17-51-24-33)44(55)53-40(47(58)59)19-27-3-8-30(9-4-27)31-10-5-28(23-50)6-11-31/h1-18,20,22,24,40-41,43H,19,21,25-26H2,(H,52,56)(H,53,55)(H,58,59)/t40-,41-,43?/m0/s1. The van der Waals surface area contributed by atoms with Crippen molar-refractivity contribution in [1.29, 1.82) is 5.26 Å². The molecule has 2 aliphatic heterocycles. The van der Waals surface area contributed by atoms with E-state index >= 15 is 0 Å². The maximum Gasteiger partial charge on any atom is 0.326 e. The summed E-state index contributed by atoms with van der Waals surface area (Å²) in [6.45, 7) is 0.255. The largest absolute Gasteiger partial charge is 0.489 e. The highest BCUT2D eigenvalue weighted by Crippen LogP contribution is 2.40. The number of halogens is 2. The average Bonchev–Trinajstić information content (AvgIpc) is 3.28. The molecule has 0 saturated heterocycles. The van der Waals surface area contributed by atoms with Crippen LogP contribution in [0.1, 0.15) is 49.8 Å². The summed E-state index contributed by atoms with van der Waals surface area (Å²) in [5.41, 5.74) is 6.45. The van der Waals surface area contributed by atoms with Crippen molar-refractivity contribution in [2.24, 2.45) is 0 Å². The zero-order chi connectivity index (χ0) is 42.6. The summed E-state index contributed by atoms with van der Waals surface area (Å²) in [6.07, 6.45) is 1.99. The number of benzene rings is 5. The summed E-state index contributed by atoms with van der Waals surface area (Å²) >= 11 is 12.1. The van der Waals surface area contributed by atoms with Crippen LogP contribution in [0.5, 0.6) is 11.5 Å². The van der Waals surface area contributed by atoms with Crippen molar-refractivity contribution in [1.82, 2.24) is 15.2 Å². The van der Waals surface area contributed by atoms with Crippen LogP contribution >= 0.6 is 23.2 Å². The van der Waals surface area contributed by atoms with Crippen LogP contribution in [0, 0.1) is 11.3 Å². The number of carboxylic acids is 1. The number of rotatable bonds is 11. The summed E-state index contributed by atoms with van der Waals surface area (Å²) in [6, 6.07) is 33.0. The first kappa shape index (κ1) is 40.6. The van der Waals surface area contributed by atoms with Gasteiger partial charge in [-0.2, -0.15) is 5.26 Å². The van der Waals surface area contributed by atoms with Crippen molar-refractivity contribution in [2.75, 3.05) is 5.32 Å². The third-order valence-electron chi connectivity index (χ3n) is 10.6. The van der Waals surface area contributed by atoms with Gasteiger partial charge in [0.2, 0.25) is 12.0 Å². The van der Waals surface area contributed by atoms with Gasteiger partial charge in [-0.05, 0) is 94.0 Å². The lowest BCUT2D eigenvalue weighted by molar-refractivity contribution is -0.142. The number of carbonyl (C=O) groups is 4. The van der Waals surface area contributed by atoms with Gasteiger partial charge in [0.15, 0.2) is 0 Å². The molecule has 0 bridgehead atoms. The van der Waals surface area contributed by atoms with E-state index in [1.807, 2.05) is 30.3 Å². The van der Waals surface area contributed by atoms with Crippen molar-refractivity contribution >= 4 is 52.6 Å². The number of aromatic nitrogens is 1. The lowest BCUT2D eigenvalue weighted by atomic mass is 9.91. The lowest BCUT2D eigenvalue weighted by Gasteiger charge is -2.37. The highest BCUT2D eigenvalue weighted by Gasteiger charge is 2.39. The summed E-state index contributed by atoms with van der Waals surface area (Å²) in [7, 11) is 0. The van der Waals surface area contributed by atoms with Gasteiger partial charge >= 0.3 is 5.97 Å². The van der Waals surface area contributed by atoms with Gasteiger partial charge in [0.1, 0.15) is 30.2 Å². The van der Waals surface area contributed by atoms with E-state index in [0.717, 1.165) is 16.7 Å². The second-order valence-electron chi connectivity index (χ2n) is 14.6. The number of amides is 3. The number of pyridine rings is 1. The topological polar surface area (TPSA) is 171 Å². The van der Waals surface area contributed by atoms with E-state index in [-0.39, 0.29) is 31.6 Å². The molecule has 0 saturated carbocycles. The number of hydrogen-bond donors (Lipinski definition) is 3. The number of nitrogens with one attached hydrogen (secondary N) is 2. The zero-order valence-electron chi connectivity index (χ0n) is 32.2. The first-order chi connectivity index (χ1) is 29.5. The monoisotopic (exact) mass is 851 g/mol. The molecular weight excluding hydrogens is 817 g/mol. The molecular formula is C47H35Cl2N5O7. The first-order valence-corrected chi connectivity index (χ1v) is 19.9. The molecule has 8 rings (SSSR count). The third kappa shape index (κ3) is 9.04. The molecule has 3 atom stereocenters. The number of fused-ring (bicyclic) bond motifs is 2. The minimum atomic E-state index is -1.30. The Bertz CT molecular complexity index is 2690. The molecule has 3 amide bonds. The minimum Gasteiger partial charge on any atom is -0.489 e. The number of nitrogens with zero attached hydrogens (tertiary/aromatic N) is 3. The van der Waals surface area contributed by atoms with E-state index in [1.54, 1.807) is 84.9 Å². The fourth-order valence-electron chi connectivity index (χ4n) is 7.32. The molecule has 3 N–H and O–H groups in total. The van der Waals surface area contributed by atoms with Crippen molar-refractivity contribution in [3.63, 3.8) is 0 Å². The SMILES string of the molecule is N#Cc1ccc(-c2ccc(C[C@H](NC(=O)[C@@H]3Cc4cc5c(cc4CN3C(=O)c3cccnc3)OC(c3ccc(OCc4ccc(Cl)c(Cl)c4)cc3)C(=O)N5)C(=O)O)cc2)cc1. The molecule has 0 fully saturated rings. The van der Waals surface area contributed by atoms with Crippen LogP contribution in [0.3, 0.4) is 0 Å². The molecule has 6 aromatic rings. The number of ether oxygens (including phenoxy) is 2. The number of anilines is 1. The molecule has 1 aromatic heterocycles. The number of hydrogen-bond acceptors (Lipinski definition) is 8. The minimum absolute atomic E-state index is 0.00415. The fourth-order valence-corrected chi connectivity index (χ4v) is 7.64. The predicted octanol–water partition coefficient (Wildman–Crippen LogP) is 7.96. The van der Waals surface area contributed by atoms with E-state index in [0.29, 0.717) is 55.0 Å². The Labute approximate surface area is 360 Å². The molecule has 5 aromatic carbocycles. The smallest absolute Gasteiger partial charge is 0.326 e. The molecule has 1 unspecified atom stereocenters. The molecule has 0 aliphatic carbocycles. The van der Waals surface area contributed by atoms with Crippen LogP contribution in [0.2, 0.25) is 10.0 Å². The lowest BCUT2D eigenvalue weighted by Crippen LogP contribution is -2.56. The number of carboxylic acid groups (broad SMARTS) is 1. The third-order valence-corrected chi connectivity index (χ3v) is 11.3. The molecule has 0 spiro atoms. The summed E-state index contributed by atoms with van der Waals surface area (Å²) in [5.74, 6) is -1.79. The quantitative estimate of drug-likeness (QED) is 0.117. The highest BCUT2D eigenvalue weighted by atomic mass is 35.5. The van der Waals surface area contributed by atoms with Crippen LogP contribution in [-0.4, -0.2) is 50.8 Å². The summed E-state index contributed by atoms with van der Waals surface area (Å²) in [4.78, 5) is 59.6. The van der Waals surface area contributed by atoms with Crippen LogP contribution in [0.15, 0.2) is 128 Å². The van der Waals surface area contributed by atoms with Gasteiger partial charge in [0.25, 0.3) is 11.8 Å². The Hall–Kier alpha value is -7.20. The Morgan fingerprint density at radius 2 is 1.64 bits per heavy atom. The van der Waals surface area contributed by atoms with Gasteiger partial charge < -0.3 is 30.1 Å². The average molecular weight is 853 g/mol. The normalized spacial score (nSPS) is 15.8. The van der Waals surface area contributed by atoms with Crippen molar-refractivity contribution in [3.8, 4) is 28.7 Å². The van der Waals surface area contributed by atoms with E-state index in [4.69, 9.17) is 37.9 Å². The second-order valence-corrected chi connectivity index (χ2v) is 15.4. The Balaban J connectivity index is 0.991. The van der Waals surface area contributed by atoms with Gasteiger partial charge in [-0.1, -0.05) is 77.8 Å². The van der Waals surface area contributed by atoms with E-state index in [1.165, 1.54) is 17.3 Å². The number of carbonyl (C=O) groups excluding carboxylic acids is 3. The maximum absolute atomic E-state index is 14.1. The molecule has 3 heterocycles. The zero-order valence-corrected chi connectivity index (χ0v) is 33.7. The Kier molecular flexibility index (Phi) is 11.7. The Morgan fingerprint density at radius 3 is 2.31 bits per heavy atom. The van der Waals surface area contributed by atoms with E-state index < -0.39 is 41.9 Å². The highest BCUT2D eigenvalue weighted by molar-refractivity contribution is 6.42.